The second-order valence-corrected chi connectivity index (χ2v) is 7.57. The van der Waals surface area contributed by atoms with Gasteiger partial charge in [0.25, 0.3) is 0 Å². The van der Waals surface area contributed by atoms with Gasteiger partial charge in [0.1, 0.15) is 0 Å². The third-order valence-corrected chi connectivity index (χ3v) is 4.24. The third kappa shape index (κ3) is 5.41. The van der Waals surface area contributed by atoms with Crippen LogP contribution in [0.15, 0.2) is 0 Å². The van der Waals surface area contributed by atoms with Gasteiger partial charge < -0.3 is 5.32 Å². The molecule has 19 heavy (non-hydrogen) atoms. The summed E-state index contributed by atoms with van der Waals surface area (Å²) in [5, 5.41) is 3.61. The van der Waals surface area contributed by atoms with Crippen molar-refractivity contribution in [2.75, 3.05) is 32.7 Å². The predicted molar refractivity (Wildman–Crippen MR) is 84.7 cm³/mol. The van der Waals surface area contributed by atoms with Gasteiger partial charge in [0.05, 0.1) is 0 Å². The minimum atomic E-state index is 0.315. The zero-order valence-electron chi connectivity index (χ0n) is 14.2. The summed E-state index contributed by atoms with van der Waals surface area (Å²) in [6.45, 7) is 22.1. The molecule has 1 aliphatic heterocycles. The summed E-state index contributed by atoms with van der Waals surface area (Å²) in [7, 11) is 0. The van der Waals surface area contributed by atoms with E-state index in [9.17, 15) is 0 Å². The molecular weight excluding hydrogens is 234 g/mol. The summed E-state index contributed by atoms with van der Waals surface area (Å²) in [5.74, 6) is 0.715. The molecule has 3 heteroatoms. The SMILES string of the molecule is CC(C)NCC(C(C)C)N1CCN(C(C)(C)C)CC1. The Hall–Kier alpha value is -0.120. The Balaban J connectivity index is 2.50. The molecule has 0 amide bonds. The van der Waals surface area contributed by atoms with Crippen LogP contribution in [0, 0.1) is 5.92 Å². The molecule has 1 N–H and O–H groups in total. The van der Waals surface area contributed by atoms with Crippen LogP contribution in [0.5, 0.6) is 0 Å². The van der Waals surface area contributed by atoms with Crippen molar-refractivity contribution in [2.24, 2.45) is 5.92 Å². The van der Waals surface area contributed by atoms with Crippen molar-refractivity contribution in [3.05, 3.63) is 0 Å². The van der Waals surface area contributed by atoms with Crippen LogP contribution in [0.1, 0.15) is 48.5 Å². The minimum Gasteiger partial charge on any atom is -0.313 e. The monoisotopic (exact) mass is 269 g/mol. The maximum absolute atomic E-state index is 3.61. The largest absolute Gasteiger partial charge is 0.313 e. The van der Waals surface area contributed by atoms with E-state index in [1.807, 2.05) is 0 Å². The van der Waals surface area contributed by atoms with Crippen molar-refractivity contribution >= 4 is 0 Å². The van der Waals surface area contributed by atoms with E-state index in [2.05, 4.69) is 63.6 Å². The fourth-order valence-corrected chi connectivity index (χ4v) is 2.87. The van der Waals surface area contributed by atoms with Crippen molar-refractivity contribution in [1.82, 2.24) is 15.1 Å². The highest BCUT2D eigenvalue weighted by molar-refractivity contribution is 4.86. The fourth-order valence-electron chi connectivity index (χ4n) is 2.87. The van der Waals surface area contributed by atoms with Gasteiger partial charge in [0, 0.05) is 50.3 Å². The molecule has 0 aromatic rings. The standard InChI is InChI=1S/C16H35N3/c1-13(2)15(12-17-14(3)4)18-8-10-19(11-9-18)16(5,6)7/h13-15,17H,8-12H2,1-7H3. The number of hydrogen-bond donors (Lipinski definition) is 1. The molecule has 0 radical (unpaired) electrons. The van der Waals surface area contributed by atoms with E-state index < -0.39 is 0 Å². The van der Waals surface area contributed by atoms with Gasteiger partial charge >= 0.3 is 0 Å². The quantitative estimate of drug-likeness (QED) is 0.827. The topological polar surface area (TPSA) is 18.5 Å². The molecule has 1 saturated heterocycles. The van der Waals surface area contributed by atoms with E-state index in [0.29, 0.717) is 23.5 Å². The molecule has 0 aliphatic carbocycles. The van der Waals surface area contributed by atoms with Crippen LogP contribution in [0.3, 0.4) is 0 Å². The van der Waals surface area contributed by atoms with Gasteiger partial charge in [0.2, 0.25) is 0 Å². The lowest BCUT2D eigenvalue weighted by molar-refractivity contribution is 0.0307. The summed E-state index contributed by atoms with van der Waals surface area (Å²) in [4.78, 5) is 5.29. The molecular formula is C16H35N3. The maximum atomic E-state index is 3.61. The Morgan fingerprint density at radius 2 is 1.47 bits per heavy atom. The smallest absolute Gasteiger partial charge is 0.0244 e. The first kappa shape index (κ1) is 16.9. The van der Waals surface area contributed by atoms with Crippen LogP contribution < -0.4 is 5.32 Å². The zero-order chi connectivity index (χ0) is 14.6. The fraction of sp³-hybridized carbons (Fsp3) is 1.00. The van der Waals surface area contributed by atoms with Crippen LogP contribution in [0.25, 0.3) is 0 Å². The van der Waals surface area contributed by atoms with Crippen molar-refractivity contribution < 1.29 is 0 Å². The molecule has 0 saturated carbocycles. The van der Waals surface area contributed by atoms with Crippen LogP contribution >= 0.6 is 0 Å². The molecule has 0 aromatic heterocycles. The number of rotatable bonds is 5. The molecule has 0 aromatic carbocycles. The second-order valence-electron chi connectivity index (χ2n) is 7.57. The molecule has 1 aliphatic rings. The van der Waals surface area contributed by atoms with E-state index in [4.69, 9.17) is 0 Å². The van der Waals surface area contributed by atoms with Crippen LogP contribution in [0.2, 0.25) is 0 Å². The molecule has 1 heterocycles. The Labute approximate surface area is 120 Å². The highest BCUT2D eigenvalue weighted by atomic mass is 15.3. The number of piperazine rings is 1. The van der Waals surface area contributed by atoms with Gasteiger partial charge in [-0.2, -0.15) is 0 Å². The Kier molecular flexibility index (Phi) is 6.28. The van der Waals surface area contributed by atoms with Crippen molar-refractivity contribution in [3.8, 4) is 0 Å². The van der Waals surface area contributed by atoms with Crippen LogP contribution in [-0.2, 0) is 0 Å². The summed E-state index contributed by atoms with van der Waals surface area (Å²) in [6, 6.07) is 1.25. The Morgan fingerprint density at radius 1 is 0.947 bits per heavy atom. The van der Waals surface area contributed by atoms with Crippen molar-refractivity contribution in [1.29, 1.82) is 0 Å². The Bertz CT molecular complexity index is 247. The molecule has 3 nitrogen and oxygen atoms in total. The first-order valence-corrected chi connectivity index (χ1v) is 7.94. The molecule has 1 rings (SSSR count). The van der Waals surface area contributed by atoms with E-state index in [1.165, 1.54) is 26.2 Å². The first-order valence-electron chi connectivity index (χ1n) is 7.94. The predicted octanol–water partition coefficient (Wildman–Crippen LogP) is 2.43. The van der Waals surface area contributed by atoms with E-state index in [1.54, 1.807) is 0 Å². The average Bonchev–Trinajstić information content (AvgIpc) is 2.27. The van der Waals surface area contributed by atoms with Gasteiger partial charge in [-0.25, -0.2) is 0 Å². The molecule has 1 atom stereocenters. The number of nitrogens with one attached hydrogen (secondary N) is 1. The van der Waals surface area contributed by atoms with Gasteiger partial charge in [-0.05, 0) is 26.7 Å². The first-order chi connectivity index (χ1) is 8.71. The average molecular weight is 269 g/mol. The lowest BCUT2D eigenvalue weighted by Gasteiger charge is -2.45. The van der Waals surface area contributed by atoms with E-state index >= 15 is 0 Å². The third-order valence-electron chi connectivity index (χ3n) is 4.24. The van der Waals surface area contributed by atoms with Crippen LogP contribution in [-0.4, -0.2) is 60.1 Å². The lowest BCUT2D eigenvalue weighted by Crippen LogP contribution is -2.58. The lowest BCUT2D eigenvalue weighted by atomic mass is 9.99. The van der Waals surface area contributed by atoms with E-state index in [0.717, 1.165) is 6.54 Å². The van der Waals surface area contributed by atoms with E-state index in [-0.39, 0.29) is 0 Å². The number of hydrogen-bond acceptors (Lipinski definition) is 3. The molecule has 0 spiro atoms. The second kappa shape index (κ2) is 7.05. The molecule has 114 valence electrons. The van der Waals surface area contributed by atoms with Gasteiger partial charge in [0.15, 0.2) is 0 Å². The Morgan fingerprint density at radius 3 is 1.84 bits per heavy atom. The molecule has 1 fully saturated rings. The zero-order valence-corrected chi connectivity index (χ0v) is 14.2. The van der Waals surface area contributed by atoms with Gasteiger partial charge in [-0.15, -0.1) is 0 Å². The maximum Gasteiger partial charge on any atom is 0.0244 e. The summed E-state index contributed by atoms with van der Waals surface area (Å²) >= 11 is 0. The van der Waals surface area contributed by atoms with Gasteiger partial charge in [-0.3, -0.25) is 9.80 Å². The summed E-state index contributed by atoms with van der Waals surface area (Å²) in [6.07, 6.45) is 0. The van der Waals surface area contributed by atoms with Crippen molar-refractivity contribution in [3.63, 3.8) is 0 Å². The molecule has 1 unspecified atom stereocenters. The highest BCUT2D eigenvalue weighted by Gasteiger charge is 2.30. The minimum absolute atomic E-state index is 0.315. The van der Waals surface area contributed by atoms with Crippen molar-refractivity contribution in [2.45, 2.75) is 66.1 Å². The van der Waals surface area contributed by atoms with Crippen LogP contribution in [0.4, 0.5) is 0 Å². The summed E-state index contributed by atoms with van der Waals surface area (Å²) < 4.78 is 0. The molecule has 0 bridgehead atoms. The highest BCUT2D eigenvalue weighted by Crippen LogP contribution is 2.19. The van der Waals surface area contributed by atoms with Gasteiger partial charge in [-0.1, -0.05) is 27.7 Å². The summed E-state index contributed by atoms with van der Waals surface area (Å²) in [5.41, 5.74) is 0.315. The number of nitrogens with zero attached hydrogens (tertiary/aromatic N) is 2. The normalized spacial score (nSPS) is 21.3.